The Bertz CT molecular complexity index is 1420. The zero-order valence-corrected chi connectivity index (χ0v) is 20.8. The van der Waals surface area contributed by atoms with Gasteiger partial charge >= 0.3 is 6.18 Å². The van der Waals surface area contributed by atoms with E-state index in [2.05, 4.69) is 15.0 Å². The van der Waals surface area contributed by atoms with Crippen LogP contribution in [0, 0.1) is 24.4 Å². The summed E-state index contributed by atoms with van der Waals surface area (Å²) in [5, 5.41) is 2.98. The molecule has 0 saturated carbocycles. The van der Waals surface area contributed by atoms with Crippen LogP contribution in [-0.4, -0.2) is 18.0 Å². The van der Waals surface area contributed by atoms with Gasteiger partial charge in [-0.15, -0.1) is 0 Å². The normalized spacial score (nSPS) is 16.1. The van der Waals surface area contributed by atoms with Crippen molar-refractivity contribution in [1.29, 1.82) is 0 Å². The van der Waals surface area contributed by atoms with Gasteiger partial charge in [-0.1, -0.05) is 35.9 Å². The van der Waals surface area contributed by atoms with Crippen molar-refractivity contribution in [2.45, 2.75) is 38.5 Å². The number of nitrogens with one attached hydrogen (secondary N) is 1. The Kier molecular flexibility index (Phi) is 6.90. The van der Waals surface area contributed by atoms with E-state index in [0.717, 1.165) is 29.8 Å². The predicted molar refractivity (Wildman–Crippen MR) is 128 cm³/mol. The Balaban J connectivity index is 1.76. The Morgan fingerprint density at radius 2 is 1.74 bits per heavy atom. The van der Waals surface area contributed by atoms with Gasteiger partial charge in [0.15, 0.2) is 17.4 Å². The number of rotatable bonds is 6. The number of alkyl halides is 3. The summed E-state index contributed by atoms with van der Waals surface area (Å²) in [6, 6.07) is 8.72. The molecule has 0 spiro atoms. The van der Waals surface area contributed by atoms with Crippen molar-refractivity contribution in [2.75, 3.05) is 12.0 Å². The third-order valence-corrected chi connectivity index (χ3v) is 6.22. The molecule has 200 valence electrons. The number of aryl methyl sites for hydroxylation is 1. The second-order valence-corrected chi connectivity index (χ2v) is 9.33. The van der Waals surface area contributed by atoms with Gasteiger partial charge in [-0.25, -0.2) is 8.78 Å². The second-order valence-electron chi connectivity index (χ2n) is 9.33. The molecule has 0 radical (unpaired) electrons. The first kappa shape index (κ1) is 27.0. The van der Waals surface area contributed by atoms with Crippen LogP contribution < -0.4 is 15.0 Å². The van der Waals surface area contributed by atoms with E-state index in [1.54, 1.807) is 32.0 Å². The molecule has 0 saturated heterocycles. The molecule has 5 nitrogen and oxygen atoms in total. The Morgan fingerprint density at radius 1 is 1.03 bits per heavy atom. The number of nitrogens with zero attached hydrogens (tertiary/aromatic N) is 2. The van der Waals surface area contributed by atoms with Crippen molar-refractivity contribution in [2.24, 2.45) is 0 Å². The molecule has 0 bridgehead atoms. The molecular weight excluding hydrogens is 512 g/mol. The van der Waals surface area contributed by atoms with Crippen LogP contribution in [0.4, 0.5) is 32.0 Å². The fourth-order valence-corrected chi connectivity index (χ4v) is 4.28. The highest BCUT2D eigenvalue weighted by Crippen LogP contribution is 2.41. The first-order valence-corrected chi connectivity index (χ1v) is 11.4. The van der Waals surface area contributed by atoms with Gasteiger partial charge in [-0.3, -0.25) is 14.7 Å². The predicted octanol–water partition coefficient (Wildman–Crippen LogP) is 6.33. The largest absolute Gasteiger partial charge is 0.491 e. The minimum atomic E-state index is -4.62. The molecule has 0 aliphatic carbocycles. The van der Waals surface area contributed by atoms with E-state index in [1.165, 1.54) is 12.1 Å². The highest BCUT2D eigenvalue weighted by Gasteiger charge is 2.40. The maximum absolute atomic E-state index is 15.1. The van der Waals surface area contributed by atoms with Crippen LogP contribution in [0.2, 0.25) is 0 Å². The summed E-state index contributed by atoms with van der Waals surface area (Å²) in [7, 11) is 0.985. The molecule has 4 rings (SSSR count). The lowest BCUT2D eigenvalue weighted by molar-refractivity contribution is -0.141. The summed E-state index contributed by atoms with van der Waals surface area (Å²) in [5.74, 6) is -5.99. The zero-order valence-electron chi connectivity index (χ0n) is 20.8. The van der Waals surface area contributed by atoms with Gasteiger partial charge in [0.05, 0.1) is 30.1 Å². The Labute approximate surface area is 214 Å². The Morgan fingerprint density at radius 3 is 2.32 bits per heavy atom. The number of hydrogen-bond donors (Lipinski definition) is 1. The van der Waals surface area contributed by atoms with Gasteiger partial charge < -0.3 is 10.1 Å². The number of carbonyl (C=O) groups excluding carboxylic acids is 1. The quantitative estimate of drug-likeness (QED) is 0.296. The average Bonchev–Trinajstić information content (AvgIpc) is 3.16. The molecule has 2 aromatic carbocycles. The van der Waals surface area contributed by atoms with E-state index in [9.17, 15) is 26.7 Å². The molecule has 1 unspecified atom stereocenters. The van der Waals surface area contributed by atoms with Gasteiger partial charge in [-0.05, 0) is 44.0 Å². The van der Waals surface area contributed by atoms with Crippen molar-refractivity contribution >= 4 is 11.6 Å². The highest BCUT2D eigenvalue weighted by atomic mass is 19.4. The van der Waals surface area contributed by atoms with Crippen molar-refractivity contribution < 1.29 is 35.9 Å². The van der Waals surface area contributed by atoms with E-state index in [4.69, 9.17) is 0 Å². The van der Waals surface area contributed by atoms with Gasteiger partial charge in [0.2, 0.25) is 5.82 Å². The molecule has 1 aliphatic rings. The lowest BCUT2D eigenvalue weighted by Crippen LogP contribution is -2.40. The number of aromatic nitrogens is 1. The van der Waals surface area contributed by atoms with E-state index in [1.807, 2.05) is 13.0 Å². The highest BCUT2D eigenvalue weighted by molar-refractivity contribution is 6.09. The standard InChI is InChI=1S/C27H23F6N3O2/c1-14-6-5-7-15(10-14)19-12-18(35-26(2,3)16-8-9-21(34-13-16)27(31,32)33)25(37)36(19)20-11-17(28)24(38-4)23(30)22(20)29/h5-13,19,35H,1-4H3. The summed E-state index contributed by atoms with van der Waals surface area (Å²) in [4.78, 5) is 18.0. The van der Waals surface area contributed by atoms with Crippen molar-refractivity contribution in [1.82, 2.24) is 10.3 Å². The summed E-state index contributed by atoms with van der Waals surface area (Å²) in [6.45, 7) is 5.04. The minimum absolute atomic E-state index is 0.0440. The monoisotopic (exact) mass is 535 g/mol. The molecule has 1 amide bonds. The van der Waals surface area contributed by atoms with Crippen molar-refractivity contribution in [3.8, 4) is 5.75 Å². The maximum atomic E-state index is 15.1. The van der Waals surface area contributed by atoms with E-state index >= 15 is 4.39 Å². The van der Waals surface area contributed by atoms with Crippen molar-refractivity contribution in [3.63, 3.8) is 0 Å². The lowest BCUT2D eigenvalue weighted by atomic mass is 9.95. The van der Waals surface area contributed by atoms with Crippen LogP contribution in [0.5, 0.6) is 5.75 Å². The zero-order chi connectivity index (χ0) is 28.0. The molecule has 1 aliphatic heterocycles. The van der Waals surface area contributed by atoms with Gasteiger partial charge in [0, 0.05) is 12.3 Å². The number of anilines is 1. The van der Waals surface area contributed by atoms with Crippen LogP contribution in [0.15, 0.2) is 60.4 Å². The molecule has 0 fully saturated rings. The second kappa shape index (κ2) is 9.70. The minimum Gasteiger partial charge on any atom is -0.491 e. The first-order chi connectivity index (χ1) is 17.7. The van der Waals surface area contributed by atoms with Gasteiger partial charge in [-0.2, -0.15) is 17.6 Å². The number of amides is 1. The fraction of sp³-hybridized carbons (Fsp3) is 0.259. The molecule has 11 heteroatoms. The van der Waals surface area contributed by atoms with Crippen LogP contribution in [-0.2, 0) is 16.5 Å². The summed E-state index contributed by atoms with van der Waals surface area (Å²) < 4.78 is 87.7. The molecule has 38 heavy (non-hydrogen) atoms. The van der Waals surface area contributed by atoms with Crippen molar-refractivity contribution in [3.05, 3.63) is 100 Å². The molecule has 1 atom stereocenters. The van der Waals surface area contributed by atoms with Crippen LogP contribution in [0.3, 0.4) is 0 Å². The summed E-state index contributed by atoms with van der Waals surface area (Å²) >= 11 is 0. The molecule has 1 aromatic heterocycles. The number of halogens is 6. The van der Waals surface area contributed by atoms with Gasteiger partial charge in [0.1, 0.15) is 5.69 Å². The number of benzene rings is 2. The number of methoxy groups -OCH3 is 1. The van der Waals surface area contributed by atoms with E-state index in [-0.39, 0.29) is 5.70 Å². The molecular formula is C27H23F6N3O2. The third-order valence-electron chi connectivity index (χ3n) is 6.22. The van der Waals surface area contributed by atoms with Gasteiger partial charge in [0.25, 0.3) is 5.91 Å². The smallest absolute Gasteiger partial charge is 0.433 e. The topological polar surface area (TPSA) is 54.5 Å². The average molecular weight is 535 g/mol. The Hall–Kier alpha value is -4.02. The summed E-state index contributed by atoms with van der Waals surface area (Å²) in [6.07, 6.45) is -2.11. The van der Waals surface area contributed by atoms with Crippen LogP contribution in [0.1, 0.15) is 42.3 Å². The number of ether oxygens (including phenoxy) is 1. The number of hydrogen-bond acceptors (Lipinski definition) is 4. The number of pyridine rings is 1. The molecule has 1 N–H and O–H groups in total. The van der Waals surface area contributed by atoms with E-state index < -0.39 is 58.2 Å². The maximum Gasteiger partial charge on any atom is 0.433 e. The first-order valence-electron chi connectivity index (χ1n) is 11.4. The molecule has 3 aromatic rings. The third kappa shape index (κ3) is 4.92. The SMILES string of the molecule is COc1c(F)cc(N2C(=O)C(NC(C)(C)c3ccc(C(F)(F)F)nc3)=CC2c2cccc(C)c2)c(F)c1F. The summed E-state index contributed by atoms with van der Waals surface area (Å²) in [5.41, 5.74) is -1.17. The van der Waals surface area contributed by atoms with E-state index in [0.29, 0.717) is 17.2 Å². The lowest BCUT2D eigenvalue weighted by Gasteiger charge is -2.29. The van der Waals surface area contributed by atoms with Crippen LogP contribution in [0.25, 0.3) is 0 Å². The number of carbonyl (C=O) groups is 1. The van der Waals surface area contributed by atoms with Crippen LogP contribution >= 0.6 is 0 Å². The molecule has 2 heterocycles. The fourth-order valence-electron chi connectivity index (χ4n) is 4.28.